The van der Waals surface area contributed by atoms with E-state index in [-0.39, 0.29) is 5.41 Å². The second kappa shape index (κ2) is 2.94. The quantitative estimate of drug-likeness (QED) is 0.589. The van der Waals surface area contributed by atoms with Gasteiger partial charge < -0.3 is 0 Å². The van der Waals surface area contributed by atoms with Crippen LogP contribution in [0, 0.1) is 6.92 Å². The minimum Gasteiger partial charge on any atom is -0.249 e. The summed E-state index contributed by atoms with van der Waals surface area (Å²) in [5.74, 6) is 1.98. The lowest BCUT2D eigenvalue weighted by Gasteiger charge is -2.21. The Labute approximate surface area is 84.8 Å². The van der Waals surface area contributed by atoms with Gasteiger partial charge in [0.2, 0.25) is 0 Å². The van der Waals surface area contributed by atoms with Gasteiger partial charge in [-0.1, -0.05) is 26.0 Å². The fourth-order valence-electron chi connectivity index (χ4n) is 2.17. The average Bonchev–Trinajstić information content (AvgIpc) is 2.39. The molecule has 1 aliphatic rings. The summed E-state index contributed by atoms with van der Waals surface area (Å²) in [5.41, 5.74) is 1.38. The maximum Gasteiger partial charge on any atom is 0.147 e. The Hall–Kier alpha value is -1.12. The van der Waals surface area contributed by atoms with Crippen LogP contribution in [0.4, 0.5) is 0 Å². The van der Waals surface area contributed by atoms with Crippen molar-refractivity contribution in [2.75, 3.05) is 0 Å². The van der Waals surface area contributed by atoms with Gasteiger partial charge in [0.05, 0.1) is 0 Å². The number of allylic oxidation sites excluding steroid dienone is 1. The molecule has 3 nitrogen and oxygen atoms in total. The number of aryl methyl sites for hydroxylation is 2. The molecule has 0 spiro atoms. The monoisotopic (exact) mass is 191 g/mol. The molecule has 0 N–H and O–H groups in total. The Morgan fingerprint density at radius 3 is 2.86 bits per heavy atom. The van der Waals surface area contributed by atoms with E-state index < -0.39 is 0 Å². The molecule has 0 aromatic carbocycles. The predicted octanol–water partition coefficient (Wildman–Crippen LogP) is 2.21. The van der Waals surface area contributed by atoms with Crippen molar-refractivity contribution in [3.8, 4) is 0 Å². The second-order valence-electron chi connectivity index (χ2n) is 4.77. The summed E-state index contributed by atoms with van der Waals surface area (Å²) >= 11 is 0. The molecule has 0 aliphatic carbocycles. The van der Waals surface area contributed by atoms with Crippen molar-refractivity contribution in [1.29, 1.82) is 0 Å². The Morgan fingerprint density at radius 1 is 1.43 bits per heavy atom. The molecule has 0 fully saturated rings. The lowest BCUT2D eigenvalue weighted by molar-refractivity contribution is 0.468. The third kappa shape index (κ3) is 1.47. The summed E-state index contributed by atoms with van der Waals surface area (Å²) in [7, 11) is 0. The topological polar surface area (TPSA) is 30.7 Å². The Morgan fingerprint density at radius 2 is 2.14 bits per heavy atom. The Bertz CT molecular complexity index is 374. The van der Waals surface area contributed by atoms with E-state index in [2.05, 4.69) is 30.5 Å². The number of fused-ring (bicyclic) bond motifs is 1. The largest absolute Gasteiger partial charge is 0.249 e. The molecule has 1 aliphatic heterocycles. The van der Waals surface area contributed by atoms with Crippen molar-refractivity contribution in [2.45, 2.75) is 45.6 Å². The van der Waals surface area contributed by atoms with E-state index in [1.807, 2.05) is 11.6 Å². The Kier molecular flexibility index (Phi) is 1.98. The highest BCUT2D eigenvalue weighted by atomic mass is 15.4. The summed E-state index contributed by atoms with van der Waals surface area (Å²) in [4.78, 5) is 4.51. The zero-order valence-corrected chi connectivity index (χ0v) is 9.17. The normalized spacial score (nSPS) is 20.4. The van der Waals surface area contributed by atoms with E-state index in [1.54, 1.807) is 0 Å². The number of rotatable bonds is 0. The average molecular weight is 191 g/mol. The first kappa shape index (κ1) is 9.44. The highest BCUT2D eigenvalue weighted by Crippen LogP contribution is 2.32. The third-order valence-electron chi connectivity index (χ3n) is 2.75. The molecule has 14 heavy (non-hydrogen) atoms. The zero-order chi connectivity index (χ0) is 10.3. The summed E-state index contributed by atoms with van der Waals surface area (Å²) in [6, 6.07) is 0. The van der Waals surface area contributed by atoms with Crippen molar-refractivity contribution >= 4 is 0 Å². The lowest BCUT2D eigenvalue weighted by atomic mass is 9.85. The van der Waals surface area contributed by atoms with Gasteiger partial charge in [0.1, 0.15) is 11.6 Å². The van der Waals surface area contributed by atoms with Gasteiger partial charge in [-0.25, -0.2) is 9.67 Å². The van der Waals surface area contributed by atoms with Crippen LogP contribution >= 0.6 is 0 Å². The van der Waals surface area contributed by atoms with Gasteiger partial charge in [-0.2, -0.15) is 5.10 Å². The molecule has 0 unspecified atom stereocenters. The summed E-state index contributed by atoms with van der Waals surface area (Å²) in [6.07, 6.45) is 2.05. The number of hydrogen-bond donors (Lipinski definition) is 0. The van der Waals surface area contributed by atoms with Crippen molar-refractivity contribution in [1.82, 2.24) is 14.8 Å². The molecule has 2 heterocycles. The van der Waals surface area contributed by atoms with Gasteiger partial charge in [-0.15, -0.1) is 0 Å². The highest BCUT2D eigenvalue weighted by Gasteiger charge is 2.30. The zero-order valence-electron chi connectivity index (χ0n) is 9.17. The number of nitrogens with zero attached hydrogens (tertiary/aromatic N) is 3. The molecule has 0 amide bonds. The van der Waals surface area contributed by atoms with Crippen molar-refractivity contribution in [3.63, 3.8) is 0 Å². The van der Waals surface area contributed by atoms with E-state index >= 15 is 0 Å². The van der Waals surface area contributed by atoms with E-state index in [0.29, 0.717) is 0 Å². The van der Waals surface area contributed by atoms with Crippen LogP contribution in [0.1, 0.15) is 38.3 Å². The van der Waals surface area contributed by atoms with Gasteiger partial charge in [-0.3, -0.25) is 0 Å². The highest BCUT2D eigenvalue weighted by molar-refractivity contribution is 5.15. The molecule has 1 aromatic heterocycles. The summed E-state index contributed by atoms with van der Waals surface area (Å²) < 4.78 is 2.04. The van der Waals surface area contributed by atoms with Gasteiger partial charge in [0.15, 0.2) is 0 Å². The molecule has 0 atom stereocenters. The van der Waals surface area contributed by atoms with Gasteiger partial charge in [0.25, 0.3) is 0 Å². The minimum atomic E-state index is 0.0782. The molecule has 0 radical (unpaired) electrons. The SMILES string of the molecule is C=C1CCn2nc(C)nc2C(C)(C)C1. The van der Waals surface area contributed by atoms with Crippen molar-refractivity contribution in [3.05, 3.63) is 23.8 Å². The van der Waals surface area contributed by atoms with Crippen LogP contribution in [0.15, 0.2) is 12.2 Å². The fourth-order valence-corrected chi connectivity index (χ4v) is 2.17. The maximum absolute atomic E-state index is 4.51. The van der Waals surface area contributed by atoms with Gasteiger partial charge in [0, 0.05) is 12.0 Å². The van der Waals surface area contributed by atoms with Crippen molar-refractivity contribution in [2.24, 2.45) is 0 Å². The van der Waals surface area contributed by atoms with Crippen LogP contribution < -0.4 is 0 Å². The fraction of sp³-hybridized carbons (Fsp3) is 0.636. The Balaban J connectivity index is 2.49. The van der Waals surface area contributed by atoms with Crippen LogP contribution in [-0.2, 0) is 12.0 Å². The van der Waals surface area contributed by atoms with Crippen molar-refractivity contribution < 1.29 is 0 Å². The lowest BCUT2D eigenvalue weighted by Crippen LogP contribution is -2.21. The third-order valence-corrected chi connectivity index (χ3v) is 2.75. The minimum absolute atomic E-state index is 0.0782. The molecular formula is C11H17N3. The second-order valence-corrected chi connectivity index (χ2v) is 4.77. The maximum atomic E-state index is 4.51. The van der Waals surface area contributed by atoms with Crippen LogP contribution in [-0.4, -0.2) is 14.8 Å². The molecule has 0 bridgehead atoms. The van der Waals surface area contributed by atoms with Gasteiger partial charge >= 0.3 is 0 Å². The molecular weight excluding hydrogens is 174 g/mol. The summed E-state index contributed by atoms with van der Waals surface area (Å²) in [5, 5.41) is 4.41. The molecule has 0 saturated heterocycles. The van der Waals surface area contributed by atoms with E-state index in [4.69, 9.17) is 0 Å². The van der Waals surface area contributed by atoms with E-state index in [9.17, 15) is 0 Å². The number of hydrogen-bond acceptors (Lipinski definition) is 2. The van der Waals surface area contributed by atoms with E-state index in [0.717, 1.165) is 31.0 Å². The van der Waals surface area contributed by atoms with E-state index in [1.165, 1.54) is 5.57 Å². The molecule has 76 valence electrons. The predicted molar refractivity (Wildman–Crippen MR) is 56.2 cm³/mol. The molecule has 3 heteroatoms. The van der Waals surface area contributed by atoms with Crippen LogP contribution in [0.5, 0.6) is 0 Å². The number of aromatic nitrogens is 3. The van der Waals surface area contributed by atoms with Gasteiger partial charge in [-0.05, 0) is 19.8 Å². The molecule has 2 rings (SSSR count). The smallest absolute Gasteiger partial charge is 0.147 e. The standard InChI is InChI=1S/C11H17N3/c1-8-5-6-14-10(11(3,4)7-8)12-9(2)13-14/h1,5-7H2,2-4H3. The van der Waals surface area contributed by atoms with Crippen LogP contribution in [0.25, 0.3) is 0 Å². The van der Waals surface area contributed by atoms with Crippen LogP contribution in [0.2, 0.25) is 0 Å². The molecule has 1 aromatic rings. The first-order valence-corrected chi connectivity index (χ1v) is 5.07. The summed E-state index contributed by atoms with van der Waals surface area (Å²) in [6.45, 7) is 11.4. The first-order valence-electron chi connectivity index (χ1n) is 5.07. The van der Waals surface area contributed by atoms with Crippen LogP contribution in [0.3, 0.4) is 0 Å². The molecule has 0 saturated carbocycles. The first-order chi connectivity index (χ1) is 6.49.